The van der Waals surface area contributed by atoms with Crippen molar-refractivity contribution in [1.29, 1.82) is 0 Å². The van der Waals surface area contributed by atoms with E-state index in [2.05, 4.69) is 31.0 Å². The van der Waals surface area contributed by atoms with E-state index in [4.69, 9.17) is 9.15 Å². The van der Waals surface area contributed by atoms with Crippen molar-refractivity contribution in [3.8, 4) is 0 Å². The highest BCUT2D eigenvalue weighted by Crippen LogP contribution is 2.13. The van der Waals surface area contributed by atoms with Crippen LogP contribution in [0.15, 0.2) is 23.0 Å². The van der Waals surface area contributed by atoms with Gasteiger partial charge in [0.25, 0.3) is 5.91 Å². The maximum Gasteiger partial charge on any atom is 0.254 e. The summed E-state index contributed by atoms with van der Waals surface area (Å²) in [6.45, 7) is 8.74. The normalized spacial score (nSPS) is 26.1. The molecule has 5 heteroatoms. The number of nitrogens with one attached hydrogen (secondary N) is 1. The average Bonchev–Trinajstić information content (AvgIpc) is 2.88. The molecule has 2 rings (SSSR count). The quantitative estimate of drug-likeness (QED) is 0.897. The molecule has 1 aromatic heterocycles. The standard InChI is InChI=1S/C14H22N2O3/c1-10(16-7-11(2)19-12(3)8-16)6-15-14(17)13-4-5-18-9-13/h4-5,9-12H,6-8H2,1-3H3,(H,15,17)/t10-,11-,12+/m0/s1. The number of furan rings is 1. The van der Waals surface area contributed by atoms with Crippen molar-refractivity contribution in [2.75, 3.05) is 19.6 Å². The molecule has 106 valence electrons. The van der Waals surface area contributed by atoms with Crippen LogP contribution in [0.5, 0.6) is 0 Å². The fraction of sp³-hybridized carbons (Fsp3) is 0.643. The van der Waals surface area contributed by atoms with Gasteiger partial charge in [-0.1, -0.05) is 0 Å². The third-order valence-electron chi connectivity index (χ3n) is 3.41. The number of hydrogen-bond acceptors (Lipinski definition) is 4. The van der Waals surface area contributed by atoms with E-state index in [0.29, 0.717) is 18.2 Å². The topological polar surface area (TPSA) is 54.7 Å². The number of ether oxygens (including phenoxy) is 1. The van der Waals surface area contributed by atoms with Gasteiger partial charge in [-0.15, -0.1) is 0 Å². The summed E-state index contributed by atoms with van der Waals surface area (Å²) in [7, 11) is 0. The van der Waals surface area contributed by atoms with Crippen LogP contribution in [0.2, 0.25) is 0 Å². The number of morpholine rings is 1. The van der Waals surface area contributed by atoms with E-state index in [0.717, 1.165) is 13.1 Å². The molecule has 1 aliphatic heterocycles. The molecule has 1 aliphatic rings. The monoisotopic (exact) mass is 266 g/mol. The Morgan fingerprint density at radius 3 is 2.74 bits per heavy atom. The van der Waals surface area contributed by atoms with Gasteiger partial charge in [-0.25, -0.2) is 0 Å². The molecule has 1 fully saturated rings. The molecule has 1 N–H and O–H groups in total. The minimum Gasteiger partial charge on any atom is -0.472 e. The smallest absolute Gasteiger partial charge is 0.254 e. The summed E-state index contributed by atoms with van der Waals surface area (Å²) in [6.07, 6.45) is 3.45. The van der Waals surface area contributed by atoms with Crippen molar-refractivity contribution in [1.82, 2.24) is 10.2 Å². The number of hydrogen-bond donors (Lipinski definition) is 1. The van der Waals surface area contributed by atoms with Crippen molar-refractivity contribution in [2.24, 2.45) is 0 Å². The minimum absolute atomic E-state index is 0.0880. The lowest BCUT2D eigenvalue weighted by Gasteiger charge is -2.38. The van der Waals surface area contributed by atoms with Gasteiger partial charge in [-0.3, -0.25) is 9.69 Å². The molecule has 0 aromatic carbocycles. The first-order chi connectivity index (χ1) is 9.06. The zero-order chi connectivity index (χ0) is 13.8. The van der Waals surface area contributed by atoms with E-state index >= 15 is 0 Å². The second kappa shape index (κ2) is 6.21. The number of rotatable bonds is 4. The van der Waals surface area contributed by atoms with Crippen molar-refractivity contribution in [3.05, 3.63) is 24.2 Å². The van der Waals surface area contributed by atoms with Crippen LogP contribution < -0.4 is 5.32 Å². The largest absolute Gasteiger partial charge is 0.472 e. The van der Waals surface area contributed by atoms with Crippen LogP contribution in [0, 0.1) is 0 Å². The Labute approximate surface area is 113 Å². The van der Waals surface area contributed by atoms with Gasteiger partial charge in [0.15, 0.2) is 0 Å². The van der Waals surface area contributed by atoms with Gasteiger partial charge < -0.3 is 14.5 Å². The van der Waals surface area contributed by atoms with Crippen molar-refractivity contribution in [2.45, 2.75) is 39.0 Å². The van der Waals surface area contributed by atoms with Gasteiger partial charge in [-0.05, 0) is 26.8 Å². The zero-order valence-electron chi connectivity index (χ0n) is 11.8. The molecular weight excluding hydrogens is 244 g/mol. The molecule has 0 bridgehead atoms. The number of carbonyl (C=O) groups is 1. The molecule has 0 unspecified atom stereocenters. The first-order valence-corrected chi connectivity index (χ1v) is 6.76. The maximum atomic E-state index is 11.8. The van der Waals surface area contributed by atoms with Crippen molar-refractivity contribution in [3.63, 3.8) is 0 Å². The molecule has 19 heavy (non-hydrogen) atoms. The Balaban J connectivity index is 1.80. The molecule has 3 atom stereocenters. The van der Waals surface area contributed by atoms with E-state index in [1.807, 2.05) is 0 Å². The van der Waals surface area contributed by atoms with Crippen LogP contribution in [0.25, 0.3) is 0 Å². The number of amides is 1. The predicted octanol–water partition coefficient (Wildman–Crippen LogP) is 1.51. The van der Waals surface area contributed by atoms with Gasteiger partial charge in [0.2, 0.25) is 0 Å². The highest BCUT2D eigenvalue weighted by Gasteiger charge is 2.25. The van der Waals surface area contributed by atoms with Crippen LogP contribution in [0.4, 0.5) is 0 Å². The maximum absolute atomic E-state index is 11.8. The molecule has 0 saturated carbocycles. The van der Waals surface area contributed by atoms with Gasteiger partial charge in [0.1, 0.15) is 6.26 Å². The summed E-state index contributed by atoms with van der Waals surface area (Å²) in [4.78, 5) is 14.2. The van der Waals surface area contributed by atoms with E-state index in [1.165, 1.54) is 12.5 Å². The molecule has 5 nitrogen and oxygen atoms in total. The van der Waals surface area contributed by atoms with Gasteiger partial charge in [0.05, 0.1) is 24.0 Å². The average molecular weight is 266 g/mol. The van der Waals surface area contributed by atoms with Gasteiger partial charge >= 0.3 is 0 Å². The molecule has 1 amide bonds. The summed E-state index contributed by atoms with van der Waals surface area (Å²) in [6, 6.07) is 1.96. The first kappa shape index (κ1) is 14.1. The third-order valence-corrected chi connectivity index (χ3v) is 3.41. The molecule has 0 radical (unpaired) electrons. The fourth-order valence-corrected chi connectivity index (χ4v) is 2.44. The predicted molar refractivity (Wildman–Crippen MR) is 72.1 cm³/mol. The lowest BCUT2D eigenvalue weighted by molar-refractivity contribution is -0.0778. The summed E-state index contributed by atoms with van der Waals surface area (Å²) < 4.78 is 10.6. The molecule has 1 saturated heterocycles. The van der Waals surface area contributed by atoms with E-state index in [1.54, 1.807) is 6.07 Å². The van der Waals surface area contributed by atoms with Gasteiger partial charge in [-0.2, -0.15) is 0 Å². The molecule has 2 heterocycles. The lowest BCUT2D eigenvalue weighted by Crippen LogP contribution is -2.52. The Kier molecular flexibility index (Phi) is 4.61. The number of nitrogens with zero attached hydrogens (tertiary/aromatic N) is 1. The van der Waals surface area contributed by atoms with Crippen LogP contribution in [-0.2, 0) is 4.74 Å². The minimum atomic E-state index is -0.0880. The van der Waals surface area contributed by atoms with Crippen LogP contribution in [-0.4, -0.2) is 48.7 Å². The summed E-state index contributed by atoms with van der Waals surface area (Å²) in [5.74, 6) is -0.0880. The second-order valence-corrected chi connectivity index (χ2v) is 5.28. The zero-order valence-corrected chi connectivity index (χ0v) is 11.8. The summed E-state index contributed by atoms with van der Waals surface area (Å²) in [5.41, 5.74) is 0.566. The second-order valence-electron chi connectivity index (χ2n) is 5.28. The lowest BCUT2D eigenvalue weighted by atomic mass is 10.1. The fourth-order valence-electron chi connectivity index (χ4n) is 2.44. The van der Waals surface area contributed by atoms with E-state index in [-0.39, 0.29) is 18.1 Å². The molecule has 0 spiro atoms. The Morgan fingerprint density at radius 1 is 1.47 bits per heavy atom. The summed E-state index contributed by atoms with van der Waals surface area (Å²) in [5, 5.41) is 2.93. The molecule has 1 aromatic rings. The Bertz CT molecular complexity index is 395. The Morgan fingerprint density at radius 2 is 2.16 bits per heavy atom. The summed E-state index contributed by atoms with van der Waals surface area (Å²) >= 11 is 0. The van der Waals surface area contributed by atoms with Crippen LogP contribution >= 0.6 is 0 Å². The van der Waals surface area contributed by atoms with Crippen LogP contribution in [0.3, 0.4) is 0 Å². The van der Waals surface area contributed by atoms with Crippen molar-refractivity contribution < 1.29 is 13.9 Å². The van der Waals surface area contributed by atoms with E-state index in [9.17, 15) is 4.79 Å². The number of carbonyl (C=O) groups excluding carboxylic acids is 1. The van der Waals surface area contributed by atoms with Crippen LogP contribution in [0.1, 0.15) is 31.1 Å². The van der Waals surface area contributed by atoms with Gasteiger partial charge in [0, 0.05) is 25.7 Å². The third kappa shape index (κ3) is 3.81. The van der Waals surface area contributed by atoms with E-state index < -0.39 is 0 Å². The Hall–Kier alpha value is -1.33. The highest BCUT2D eigenvalue weighted by molar-refractivity contribution is 5.93. The molecule has 0 aliphatic carbocycles. The highest BCUT2D eigenvalue weighted by atomic mass is 16.5. The SMILES string of the molecule is C[C@@H]1CN([C@@H](C)CNC(=O)c2ccoc2)C[C@H](C)O1. The first-order valence-electron chi connectivity index (χ1n) is 6.76. The van der Waals surface area contributed by atoms with Crippen molar-refractivity contribution >= 4 is 5.91 Å². The molecular formula is C14H22N2O3.